The van der Waals surface area contributed by atoms with Crippen LogP contribution in [0.4, 0.5) is 5.69 Å². The average Bonchev–Trinajstić information content (AvgIpc) is 2.60. The minimum atomic E-state index is -0.752. The number of carbonyl (C=O) groups is 2. The summed E-state index contributed by atoms with van der Waals surface area (Å²) in [5.74, 6) is -0.319. The van der Waals surface area contributed by atoms with Crippen LogP contribution in [0.2, 0.25) is 0 Å². The zero-order valence-corrected chi connectivity index (χ0v) is 12.2. The third-order valence-corrected chi connectivity index (χ3v) is 3.16. The van der Waals surface area contributed by atoms with Crippen LogP contribution in [0.3, 0.4) is 0 Å². The van der Waals surface area contributed by atoms with Gasteiger partial charge in [0.25, 0.3) is 0 Å². The standard InChI is InChI=1S/C16H15N3O4/c20-15(18-10-12-3-1-2-6-17-12)16(21)19-11-4-5-13-14(9-11)23-8-7-22-13/h1-6,9H,7-8,10H2,(H,18,20)(H,19,21). The monoisotopic (exact) mass is 313 g/mol. The maximum absolute atomic E-state index is 11.9. The van der Waals surface area contributed by atoms with Crippen molar-refractivity contribution >= 4 is 17.5 Å². The molecule has 0 aliphatic carbocycles. The molecule has 0 atom stereocenters. The highest BCUT2D eigenvalue weighted by Gasteiger charge is 2.16. The van der Waals surface area contributed by atoms with E-state index in [-0.39, 0.29) is 6.54 Å². The number of nitrogens with zero attached hydrogens (tertiary/aromatic N) is 1. The molecule has 118 valence electrons. The van der Waals surface area contributed by atoms with Crippen LogP contribution in [0, 0.1) is 0 Å². The first kappa shape index (κ1) is 14.8. The van der Waals surface area contributed by atoms with Gasteiger partial charge in [-0.15, -0.1) is 0 Å². The molecule has 1 aliphatic heterocycles. The number of fused-ring (bicyclic) bond motifs is 1. The molecule has 0 fully saturated rings. The number of hydrogen-bond acceptors (Lipinski definition) is 5. The van der Waals surface area contributed by atoms with E-state index < -0.39 is 11.8 Å². The number of pyridine rings is 1. The second-order valence-corrected chi connectivity index (χ2v) is 4.82. The van der Waals surface area contributed by atoms with E-state index in [1.54, 1.807) is 36.5 Å². The summed E-state index contributed by atoms with van der Waals surface area (Å²) in [7, 11) is 0. The predicted octanol–water partition coefficient (Wildman–Crippen LogP) is 1.11. The number of aromatic nitrogens is 1. The minimum Gasteiger partial charge on any atom is -0.486 e. The van der Waals surface area contributed by atoms with Crippen LogP contribution in [0.25, 0.3) is 0 Å². The third kappa shape index (κ3) is 3.76. The molecule has 0 saturated carbocycles. The lowest BCUT2D eigenvalue weighted by Gasteiger charge is -2.18. The molecule has 2 N–H and O–H groups in total. The van der Waals surface area contributed by atoms with E-state index in [0.717, 1.165) is 0 Å². The van der Waals surface area contributed by atoms with Gasteiger partial charge in [0.15, 0.2) is 11.5 Å². The Balaban J connectivity index is 1.57. The molecule has 3 rings (SSSR count). The fourth-order valence-electron chi connectivity index (χ4n) is 2.06. The molecule has 1 aromatic carbocycles. The Hall–Kier alpha value is -3.09. The molecule has 2 heterocycles. The topological polar surface area (TPSA) is 89.6 Å². The normalized spacial score (nSPS) is 12.3. The van der Waals surface area contributed by atoms with Crippen molar-refractivity contribution in [2.24, 2.45) is 0 Å². The van der Waals surface area contributed by atoms with E-state index in [2.05, 4.69) is 15.6 Å². The van der Waals surface area contributed by atoms with Crippen molar-refractivity contribution in [3.05, 3.63) is 48.3 Å². The van der Waals surface area contributed by atoms with Gasteiger partial charge in [-0.2, -0.15) is 0 Å². The van der Waals surface area contributed by atoms with Gasteiger partial charge in [0, 0.05) is 18.0 Å². The maximum Gasteiger partial charge on any atom is 0.313 e. The lowest BCUT2D eigenvalue weighted by molar-refractivity contribution is -0.136. The van der Waals surface area contributed by atoms with Crippen LogP contribution in [0.1, 0.15) is 5.69 Å². The molecule has 0 radical (unpaired) electrons. The summed E-state index contributed by atoms with van der Waals surface area (Å²) in [4.78, 5) is 27.8. The fourth-order valence-corrected chi connectivity index (χ4v) is 2.06. The molecule has 0 saturated heterocycles. The second kappa shape index (κ2) is 6.78. The van der Waals surface area contributed by atoms with E-state index in [1.165, 1.54) is 0 Å². The third-order valence-electron chi connectivity index (χ3n) is 3.16. The van der Waals surface area contributed by atoms with Crippen molar-refractivity contribution in [3.63, 3.8) is 0 Å². The Kier molecular flexibility index (Phi) is 4.37. The Morgan fingerprint density at radius 1 is 1.04 bits per heavy atom. The molecule has 7 nitrogen and oxygen atoms in total. The summed E-state index contributed by atoms with van der Waals surface area (Å²) in [6, 6.07) is 10.3. The van der Waals surface area contributed by atoms with Crippen LogP contribution in [0.15, 0.2) is 42.6 Å². The molecule has 2 amide bonds. The molecule has 7 heteroatoms. The maximum atomic E-state index is 11.9. The highest BCUT2D eigenvalue weighted by Crippen LogP contribution is 2.32. The van der Waals surface area contributed by atoms with Crippen LogP contribution in [-0.2, 0) is 16.1 Å². The average molecular weight is 313 g/mol. The van der Waals surface area contributed by atoms with Crippen molar-refractivity contribution in [2.45, 2.75) is 6.54 Å². The Labute approximate surface area is 132 Å². The summed E-state index contributed by atoms with van der Waals surface area (Å²) in [5, 5.41) is 5.03. The first-order valence-electron chi connectivity index (χ1n) is 7.11. The minimum absolute atomic E-state index is 0.189. The molecule has 1 aromatic heterocycles. The zero-order chi connectivity index (χ0) is 16.1. The number of carbonyl (C=O) groups excluding carboxylic acids is 2. The van der Waals surface area contributed by atoms with E-state index in [1.807, 2.05) is 6.07 Å². The van der Waals surface area contributed by atoms with E-state index in [0.29, 0.717) is 36.1 Å². The molecule has 23 heavy (non-hydrogen) atoms. The number of nitrogens with one attached hydrogen (secondary N) is 2. The van der Waals surface area contributed by atoms with Gasteiger partial charge in [-0.1, -0.05) is 6.07 Å². The number of ether oxygens (including phenoxy) is 2. The highest BCUT2D eigenvalue weighted by atomic mass is 16.6. The number of benzene rings is 1. The highest BCUT2D eigenvalue weighted by molar-refractivity contribution is 6.39. The smallest absolute Gasteiger partial charge is 0.313 e. The summed E-state index contributed by atoms with van der Waals surface area (Å²) in [6.07, 6.45) is 1.62. The SMILES string of the molecule is O=C(NCc1ccccn1)C(=O)Nc1ccc2c(c1)OCCO2. The number of amides is 2. The molecule has 0 unspecified atom stereocenters. The first-order valence-corrected chi connectivity index (χ1v) is 7.11. The quantitative estimate of drug-likeness (QED) is 0.829. The number of rotatable bonds is 3. The Morgan fingerprint density at radius 2 is 1.87 bits per heavy atom. The predicted molar refractivity (Wildman–Crippen MR) is 82.1 cm³/mol. The number of hydrogen-bond donors (Lipinski definition) is 2. The van der Waals surface area contributed by atoms with Crippen LogP contribution >= 0.6 is 0 Å². The van der Waals surface area contributed by atoms with Gasteiger partial charge < -0.3 is 20.1 Å². The molecule has 1 aliphatic rings. The summed E-state index contributed by atoms with van der Waals surface area (Å²) < 4.78 is 10.8. The van der Waals surface area contributed by atoms with Gasteiger partial charge in [0.2, 0.25) is 0 Å². The molecular weight excluding hydrogens is 298 g/mol. The van der Waals surface area contributed by atoms with Crippen molar-refractivity contribution < 1.29 is 19.1 Å². The largest absolute Gasteiger partial charge is 0.486 e. The van der Waals surface area contributed by atoms with Crippen LogP contribution < -0.4 is 20.1 Å². The Bertz CT molecular complexity index is 719. The van der Waals surface area contributed by atoms with Gasteiger partial charge in [0.05, 0.1) is 12.2 Å². The van der Waals surface area contributed by atoms with Crippen molar-refractivity contribution in [2.75, 3.05) is 18.5 Å². The fraction of sp³-hybridized carbons (Fsp3) is 0.188. The van der Waals surface area contributed by atoms with E-state index in [4.69, 9.17) is 9.47 Å². The van der Waals surface area contributed by atoms with E-state index >= 15 is 0 Å². The van der Waals surface area contributed by atoms with E-state index in [9.17, 15) is 9.59 Å². The van der Waals surface area contributed by atoms with Gasteiger partial charge in [-0.3, -0.25) is 14.6 Å². The van der Waals surface area contributed by atoms with Crippen LogP contribution in [-0.4, -0.2) is 30.0 Å². The summed E-state index contributed by atoms with van der Waals surface area (Å²) in [5.41, 5.74) is 1.14. The van der Waals surface area contributed by atoms with Crippen molar-refractivity contribution in [3.8, 4) is 11.5 Å². The first-order chi connectivity index (χ1) is 11.2. The van der Waals surface area contributed by atoms with Crippen molar-refractivity contribution in [1.29, 1.82) is 0 Å². The number of anilines is 1. The van der Waals surface area contributed by atoms with Crippen molar-refractivity contribution in [1.82, 2.24) is 10.3 Å². The van der Waals surface area contributed by atoms with Gasteiger partial charge in [0.1, 0.15) is 13.2 Å². The Morgan fingerprint density at radius 3 is 2.65 bits per heavy atom. The molecule has 2 aromatic rings. The lowest BCUT2D eigenvalue weighted by atomic mass is 10.2. The lowest BCUT2D eigenvalue weighted by Crippen LogP contribution is -2.35. The van der Waals surface area contributed by atoms with Crippen LogP contribution in [0.5, 0.6) is 11.5 Å². The van der Waals surface area contributed by atoms with Gasteiger partial charge >= 0.3 is 11.8 Å². The second-order valence-electron chi connectivity index (χ2n) is 4.82. The summed E-state index contributed by atoms with van der Waals surface area (Å²) >= 11 is 0. The summed E-state index contributed by atoms with van der Waals surface area (Å²) in [6.45, 7) is 1.14. The molecule has 0 bridgehead atoms. The molecule has 0 spiro atoms. The molecular formula is C16H15N3O4. The van der Waals surface area contributed by atoms with Gasteiger partial charge in [-0.25, -0.2) is 0 Å². The zero-order valence-electron chi connectivity index (χ0n) is 12.2. The van der Waals surface area contributed by atoms with Gasteiger partial charge in [-0.05, 0) is 24.3 Å².